The van der Waals surface area contributed by atoms with Crippen molar-refractivity contribution in [1.29, 1.82) is 0 Å². The van der Waals surface area contributed by atoms with Gasteiger partial charge in [0.15, 0.2) is 6.61 Å². The number of ether oxygens (including phenoxy) is 2. The number of carbonyl (C=O) groups is 2. The zero-order chi connectivity index (χ0) is 19.5. The molecule has 1 amide bonds. The quantitative estimate of drug-likeness (QED) is 0.671. The monoisotopic (exact) mass is 375 g/mol. The van der Waals surface area contributed by atoms with Gasteiger partial charge in [-0.2, -0.15) is 0 Å². The molecule has 1 aliphatic rings. The Morgan fingerprint density at radius 2 is 1.79 bits per heavy atom. The molecule has 0 radical (unpaired) electrons. The van der Waals surface area contributed by atoms with E-state index < -0.39 is 5.97 Å². The van der Waals surface area contributed by atoms with Crippen molar-refractivity contribution < 1.29 is 19.1 Å². The van der Waals surface area contributed by atoms with Crippen LogP contribution in [0.2, 0.25) is 0 Å². The Morgan fingerprint density at radius 1 is 1.00 bits per heavy atom. The van der Waals surface area contributed by atoms with E-state index in [2.05, 4.69) is 11.4 Å². The second kappa shape index (κ2) is 7.72. The fourth-order valence-corrected chi connectivity index (χ4v) is 3.67. The summed E-state index contributed by atoms with van der Waals surface area (Å²) in [6.07, 6.45) is 2.00. The van der Waals surface area contributed by atoms with Crippen LogP contribution in [0, 0.1) is 0 Å². The molecule has 3 aromatic rings. The number of carbonyl (C=O) groups excluding carboxylic acids is 2. The van der Waals surface area contributed by atoms with E-state index in [0.29, 0.717) is 12.1 Å². The van der Waals surface area contributed by atoms with E-state index in [1.165, 1.54) is 11.1 Å². The van der Waals surface area contributed by atoms with Gasteiger partial charge in [-0.15, -0.1) is 0 Å². The summed E-state index contributed by atoms with van der Waals surface area (Å²) in [5.74, 6) is -0.0977. The molecule has 0 fully saturated rings. The van der Waals surface area contributed by atoms with Gasteiger partial charge in [0.1, 0.15) is 5.75 Å². The molecule has 28 heavy (non-hydrogen) atoms. The van der Waals surface area contributed by atoms with Gasteiger partial charge in [-0.1, -0.05) is 36.4 Å². The average molecular weight is 375 g/mol. The number of aryl methyl sites for hydroxylation is 2. The highest BCUT2D eigenvalue weighted by atomic mass is 16.5. The topological polar surface area (TPSA) is 64.6 Å². The Morgan fingerprint density at radius 3 is 2.61 bits per heavy atom. The highest BCUT2D eigenvalue weighted by molar-refractivity contribution is 6.07. The third-order valence-electron chi connectivity index (χ3n) is 5.05. The van der Waals surface area contributed by atoms with E-state index in [1.54, 1.807) is 13.2 Å². The van der Waals surface area contributed by atoms with Crippen LogP contribution in [-0.4, -0.2) is 25.6 Å². The summed E-state index contributed by atoms with van der Waals surface area (Å²) >= 11 is 0. The minimum absolute atomic E-state index is 0.314. The molecule has 0 aliphatic heterocycles. The molecule has 0 aromatic heterocycles. The summed E-state index contributed by atoms with van der Waals surface area (Å²) in [6.45, 7) is 0.0281. The molecule has 3 aromatic carbocycles. The molecule has 4 rings (SSSR count). The number of amides is 1. The Kier molecular flexibility index (Phi) is 4.98. The molecule has 1 N–H and O–H groups in total. The van der Waals surface area contributed by atoms with Gasteiger partial charge in [-0.05, 0) is 58.5 Å². The van der Waals surface area contributed by atoms with Gasteiger partial charge in [0.05, 0.1) is 12.7 Å². The summed E-state index contributed by atoms with van der Waals surface area (Å²) < 4.78 is 10.4. The SMILES string of the molecule is COc1cccc(CNC(=O)COC(=O)c2ccc3c4c(cccc24)CC3)c1. The first-order chi connectivity index (χ1) is 13.7. The minimum atomic E-state index is -0.480. The lowest BCUT2D eigenvalue weighted by Crippen LogP contribution is -2.28. The molecule has 0 unspecified atom stereocenters. The van der Waals surface area contributed by atoms with E-state index in [9.17, 15) is 9.59 Å². The molecule has 142 valence electrons. The molecule has 5 heteroatoms. The van der Waals surface area contributed by atoms with Gasteiger partial charge < -0.3 is 14.8 Å². The molecule has 0 spiro atoms. The standard InChI is InChI=1S/C23H21NO4/c1-27-18-6-2-4-15(12-18)13-24-21(25)14-28-23(26)20-11-10-17-9-8-16-5-3-7-19(20)22(16)17/h2-7,10-12H,8-9,13-14H2,1H3,(H,24,25). The van der Waals surface area contributed by atoms with Crippen LogP contribution in [0.15, 0.2) is 54.6 Å². The molecule has 0 saturated carbocycles. The van der Waals surface area contributed by atoms with E-state index in [0.717, 1.165) is 34.9 Å². The first-order valence-corrected chi connectivity index (χ1v) is 9.26. The van der Waals surface area contributed by atoms with Crippen LogP contribution in [0.1, 0.15) is 27.0 Å². The summed E-state index contributed by atoms with van der Waals surface area (Å²) in [6, 6.07) is 17.2. The first kappa shape index (κ1) is 18.0. The molecule has 1 aliphatic carbocycles. The van der Waals surface area contributed by atoms with Crippen molar-refractivity contribution in [2.24, 2.45) is 0 Å². The Hall–Kier alpha value is -3.34. The lowest BCUT2D eigenvalue weighted by atomic mass is 10.00. The van der Waals surface area contributed by atoms with Gasteiger partial charge in [0, 0.05) is 6.54 Å². The van der Waals surface area contributed by atoms with Crippen LogP contribution in [0.25, 0.3) is 10.8 Å². The van der Waals surface area contributed by atoms with Gasteiger partial charge in [0.25, 0.3) is 5.91 Å². The minimum Gasteiger partial charge on any atom is -0.497 e. The summed E-state index contributed by atoms with van der Waals surface area (Å²) in [5.41, 5.74) is 3.94. The van der Waals surface area contributed by atoms with E-state index in [1.807, 2.05) is 42.5 Å². The Balaban J connectivity index is 1.38. The van der Waals surface area contributed by atoms with Crippen LogP contribution >= 0.6 is 0 Å². The second-order valence-electron chi connectivity index (χ2n) is 6.82. The maximum Gasteiger partial charge on any atom is 0.339 e. The van der Waals surface area contributed by atoms with Crippen LogP contribution in [0.5, 0.6) is 5.75 Å². The largest absolute Gasteiger partial charge is 0.497 e. The summed E-state index contributed by atoms with van der Waals surface area (Å²) in [7, 11) is 1.59. The highest BCUT2D eigenvalue weighted by Gasteiger charge is 2.20. The van der Waals surface area contributed by atoms with Crippen LogP contribution in [0.3, 0.4) is 0 Å². The predicted octanol–water partition coefficient (Wildman–Crippen LogP) is 3.42. The zero-order valence-electron chi connectivity index (χ0n) is 15.7. The lowest BCUT2D eigenvalue weighted by Gasteiger charge is -2.10. The van der Waals surface area contributed by atoms with Crippen molar-refractivity contribution in [2.45, 2.75) is 19.4 Å². The summed E-state index contributed by atoms with van der Waals surface area (Å²) in [5, 5.41) is 4.80. The fourth-order valence-electron chi connectivity index (χ4n) is 3.67. The van der Waals surface area contributed by atoms with Gasteiger partial charge in [0.2, 0.25) is 0 Å². The zero-order valence-corrected chi connectivity index (χ0v) is 15.7. The van der Waals surface area contributed by atoms with Crippen molar-refractivity contribution in [1.82, 2.24) is 5.32 Å². The smallest absolute Gasteiger partial charge is 0.339 e. The van der Waals surface area contributed by atoms with E-state index >= 15 is 0 Å². The molecular weight excluding hydrogens is 354 g/mol. The number of hydrogen-bond donors (Lipinski definition) is 1. The number of methoxy groups -OCH3 is 1. The van der Waals surface area contributed by atoms with Gasteiger partial charge >= 0.3 is 5.97 Å². The first-order valence-electron chi connectivity index (χ1n) is 9.26. The number of nitrogens with one attached hydrogen (secondary N) is 1. The maximum atomic E-state index is 12.5. The van der Waals surface area contributed by atoms with Crippen molar-refractivity contribution >= 4 is 22.6 Å². The highest BCUT2D eigenvalue weighted by Crippen LogP contribution is 2.32. The van der Waals surface area contributed by atoms with Crippen LogP contribution < -0.4 is 10.1 Å². The van der Waals surface area contributed by atoms with Gasteiger partial charge in [-0.25, -0.2) is 4.79 Å². The van der Waals surface area contributed by atoms with Crippen molar-refractivity contribution in [3.8, 4) is 5.75 Å². The number of hydrogen-bond acceptors (Lipinski definition) is 4. The second-order valence-corrected chi connectivity index (χ2v) is 6.82. The van der Waals surface area contributed by atoms with E-state index in [4.69, 9.17) is 9.47 Å². The Labute approximate surface area is 163 Å². The fraction of sp³-hybridized carbons (Fsp3) is 0.217. The molecule has 0 bridgehead atoms. The number of esters is 1. The van der Waals surface area contributed by atoms with Gasteiger partial charge in [-0.3, -0.25) is 4.79 Å². The summed E-state index contributed by atoms with van der Waals surface area (Å²) in [4.78, 5) is 24.6. The normalized spacial score (nSPS) is 12.0. The molecular formula is C23H21NO4. The van der Waals surface area contributed by atoms with Crippen molar-refractivity contribution in [3.63, 3.8) is 0 Å². The molecule has 0 atom stereocenters. The average Bonchev–Trinajstić information content (AvgIpc) is 3.16. The Bertz CT molecular complexity index is 1050. The maximum absolute atomic E-state index is 12.5. The van der Waals surface area contributed by atoms with Crippen molar-refractivity contribution in [3.05, 3.63) is 76.9 Å². The number of rotatable bonds is 6. The predicted molar refractivity (Wildman–Crippen MR) is 106 cm³/mol. The lowest BCUT2D eigenvalue weighted by molar-refractivity contribution is -0.124. The molecule has 0 heterocycles. The molecule has 0 saturated heterocycles. The third-order valence-corrected chi connectivity index (χ3v) is 5.05. The van der Waals surface area contributed by atoms with E-state index in [-0.39, 0.29) is 12.5 Å². The van der Waals surface area contributed by atoms with Crippen LogP contribution in [-0.2, 0) is 28.9 Å². The van der Waals surface area contributed by atoms with Crippen LogP contribution in [0.4, 0.5) is 0 Å². The number of benzene rings is 3. The molecule has 5 nitrogen and oxygen atoms in total. The third kappa shape index (κ3) is 3.56. The van der Waals surface area contributed by atoms with Crippen molar-refractivity contribution in [2.75, 3.05) is 13.7 Å².